The van der Waals surface area contributed by atoms with Gasteiger partial charge in [0, 0.05) is 18.5 Å². The van der Waals surface area contributed by atoms with Crippen LogP contribution in [0.5, 0.6) is 5.75 Å². The third-order valence-electron chi connectivity index (χ3n) is 4.38. The Morgan fingerprint density at radius 2 is 2.04 bits per heavy atom. The lowest BCUT2D eigenvalue weighted by atomic mass is 9.91. The van der Waals surface area contributed by atoms with Crippen molar-refractivity contribution in [2.75, 3.05) is 13.2 Å². The second kappa shape index (κ2) is 7.90. The van der Waals surface area contributed by atoms with E-state index in [1.807, 2.05) is 24.3 Å². The Morgan fingerprint density at radius 3 is 2.79 bits per heavy atom. The molecule has 24 heavy (non-hydrogen) atoms. The van der Waals surface area contributed by atoms with E-state index < -0.39 is 11.3 Å². The SMILES string of the molecule is NC1Cc2ccc(OCCNS(=O)O)cc2C1Cc1ccccc1. The highest BCUT2D eigenvalue weighted by Gasteiger charge is 2.30. The summed E-state index contributed by atoms with van der Waals surface area (Å²) in [7, 11) is 0. The van der Waals surface area contributed by atoms with Gasteiger partial charge in [0.05, 0.1) is 0 Å². The van der Waals surface area contributed by atoms with Crippen LogP contribution in [0.3, 0.4) is 0 Å². The summed E-state index contributed by atoms with van der Waals surface area (Å²) >= 11 is -2.00. The van der Waals surface area contributed by atoms with Gasteiger partial charge in [-0.2, -0.15) is 0 Å². The number of nitrogens with one attached hydrogen (secondary N) is 1. The fraction of sp³-hybridized carbons (Fsp3) is 0.333. The van der Waals surface area contributed by atoms with E-state index in [1.165, 1.54) is 16.7 Å². The first-order valence-corrected chi connectivity index (χ1v) is 9.13. The van der Waals surface area contributed by atoms with Crippen LogP contribution in [-0.2, 0) is 24.1 Å². The van der Waals surface area contributed by atoms with Crippen molar-refractivity contribution < 1.29 is 13.5 Å². The molecule has 2 aromatic rings. The quantitative estimate of drug-likeness (QED) is 0.529. The molecule has 3 rings (SSSR count). The summed E-state index contributed by atoms with van der Waals surface area (Å²) in [6.07, 6.45) is 1.81. The van der Waals surface area contributed by atoms with Crippen molar-refractivity contribution in [1.82, 2.24) is 4.72 Å². The molecule has 1 aliphatic rings. The number of benzene rings is 2. The maximum absolute atomic E-state index is 10.5. The second-order valence-corrected chi connectivity index (χ2v) is 6.80. The molecule has 0 bridgehead atoms. The first-order chi connectivity index (χ1) is 11.6. The molecule has 0 aliphatic heterocycles. The van der Waals surface area contributed by atoms with Crippen molar-refractivity contribution in [2.24, 2.45) is 5.73 Å². The summed E-state index contributed by atoms with van der Waals surface area (Å²) in [5.41, 5.74) is 10.2. The van der Waals surface area contributed by atoms with E-state index >= 15 is 0 Å². The van der Waals surface area contributed by atoms with Gasteiger partial charge in [0.1, 0.15) is 12.4 Å². The Morgan fingerprint density at radius 1 is 1.25 bits per heavy atom. The standard InChI is InChI=1S/C18H22N2O3S/c19-18-11-14-6-7-15(23-9-8-20-24(21)22)12-16(14)17(18)10-13-4-2-1-3-5-13/h1-7,12,17-18,20H,8-11,19H2,(H,21,22). The van der Waals surface area contributed by atoms with Crippen LogP contribution >= 0.6 is 0 Å². The van der Waals surface area contributed by atoms with Gasteiger partial charge in [0.25, 0.3) is 0 Å². The van der Waals surface area contributed by atoms with E-state index in [1.54, 1.807) is 0 Å². The van der Waals surface area contributed by atoms with E-state index in [2.05, 4.69) is 29.0 Å². The molecular formula is C18H22N2O3S. The number of hydrogen-bond acceptors (Lipinski definition) is 3. The van der Waals surface area contributed by atoms with Crippen LogP contribution in [0.4, 0.5) is 0 Å². The van der Waals surface area contributed by atoms with Gasteiger partial charge in [0.2, 0.25) is 11.3 Å². The predicted octanol–water partition coefficient (Wildman–Crippen LogP) is 2.00. The molecule has 0 saturated carbocycles. The molecule has 3 atom stereocenters. The summed E-state index contributed by atoms with van der Waals surface area (Å²) in [4.78, 5) is 0. The fourth-order valence-electron chi connectivity index (χ4n) is 3.25. The molecule has 0 fully saturated rings. The molecule has 0 spiro atoms. The smallest absolute Gasteiger partial charge is 0.231 e. The molecule has 128 valence electrons. The van der Waals surface area contributed by atoms with Crippen molar-refractivity contribution in [2.45, 2.75) is 24.8 Å². The van der Waals surface area contributed by atoms with Gasteiger partial charge in [-0.15, -0.1) is 0 Å². The first kappa shape index (κ1) is 17.1. The van der Waals surface area contributed by atoms with E-state index in [0.29, 0.717) is 13.2 Å². The average Bonchev–Trinajstić information content (AvgIpc) is 2.88. The Balaban J connectivity index is 1.69. The summed E-state index contributed by atoms with van der Waals surface area (Å²) in [5, 5.41) is 0. The van der Waals surface area contributed by atoms with Gasteiger partial charge >= 0.3 is 0 Å². The van der Waals surface area contributed by atoms with Crippen LogP contribution in [0.15, 0.2) is 48.5 Å². The minimum Gasteiger partial charge on any atom is -0.492 e. The van der Waals surface area contributed by atoms with Crippen molar-refractivity contribution >= 4 is 11.3 Å². The Kier molecular flexibility index (Phi) is 5.63. The summed E-state index contributed by atoms with van der Waals surface area (Å²) in [6, 6.07) is 16.6. The largest absolute Gasteiger partial charge is 0.492 e. The van der Waals surface area contributed by atoms with E-state index in [9.17, 15) is 4.21 Å². The molecule has 0 heterocycles. The van der Waals surface area contributed by atoms with Gasteiger partial charge in [-0.3, -0.25) is 4.55 Å². The van der Waals surface area contributed by atoms with Crippen LogP contribution in [0.2, 0.25) is 0 Å². The summed E-state index contributed by atoms with van der Waals surface area (Å²) in [5.74, 6) is 1.06. The zero-order valence-corrected chi connectivity index (χ0v) is 14.2. The third-order valence-corrected chi connectivity index (χ3v) is 4.84. The third kappa shape index (κ3) is 4.21. The highest BCUT2D eigenvalue weighted by molar-refractivity contribution is 7.77. The van der Waals surface area contributed by atoms with E-state index in [-0.39, 0.29) is 12.0 Å². The lowest BCUT2D eigenvalue weighted by Crippen LogP contribution is -2.26. The normalized spacial score (nSPS) is 20.6. The Hall–Kier alpha value is -1.73. The Bertz CT molecular complexity index is 709. The van der Waals surface area contributed by atoms with Crippen molar-refractivity contribution in [3.8, 4) is 5.75 Å². The zero-order valence-electron chi connectivity index (χ0n) is 13.4. The van der Waals surface area contributed by atoms with Gasteiger partial charge in [0.15, 0.2) is 0 Å². The number of rotatable bonds is 7. The first-order valence-electron chi connectivity index (χ1n) is 8.03. The minimum absolute atomic E-state index is 0.119. The molecule has 4 N–H and O–H groups in total. The summed E-state index contributed by atoms with van der Waals surface area (Å²) < 4.78 is 27.3. The minimum atomic E-state index is -2.00. The number of hydrogen-bond donors (Lipinski definition) is 3. The maximum Gasteiger partial charge on any atom is 0.231 e. The lowest BCUT2D eigenvalue weighted by Gasteiger charge is -2.17. The number of fused-ring (bicyclic) bond motifs is 1. The summed E-state index contributed by atoms with van der Waals surface area (Å²) in [6.45, 7) is 0.646. The topological polar surface area (TPSA) is 84.6 Å². The highest BCUT2D eigenvalue weighted by Crippen LogP contribution is 2.37. The molecule has 0 radical (unpaired) electrons. The Labute approximate surface area is 144 Å². The molecule has 1 aliphatic carbocycles. The molecule has 6 heteroatoms. The van der Waals surface area contributed by atoms with Crippen LogP contribution in [0.25, 0.3) is 0 Å². The number of ether oxygens (including phenoxy) is 1. The molecule has 0 aromatic heterocycles. The molecule has 0 saturated heterocycles. The molecular weight excluding hydrogens is 324 g/mol. The van der Waals surface area contributed by atoms with Gasteiger partial charge in [-0.25, -0.2) is 8.93 Å². The van der Waals surface area contributed by atoms with Crippen molar-refractivity contribution in [3.63, 3.8) is 0 Å². The molecule has 0 amide bonds. The average molecular weight is 346 g/mol. The lowest BCUT2D eigenvalue weighted by molar-refractivity contribution is 0.322. The maximum atomic E-state index is 10.5. The molecule has 5 nitrogen and oxygen atoms in total. The van der Waals surface area contributed by atoms with Gasteiger partial charge < -0.3 is 10.5 Å². The molecule has 2 aromatic carbocycles. The van der Waals surface area contributed by atoms with Gasteiger partial charge in [-0.1, -0.05) is 36.4 Å². The van der Waals surface area contributed by atoms with Crippen LogP contribution in [0, 0.1) is 0 Å². The van der Waals surface area contributed by atoms with E-state index in [0.717, 1.165) is 18.6 Å². The van der Waals surface area contributed by atoms with Crippen LogP contribution in [-0.4, -0.2) is 28.0 Å². The van der Waals surface area contributed by atoms with Crippen LogP contribution in [0.1, 0.15) is 22.6 Å². The zero-order chi connectivity index (χ0) is 16.9. The monoisotopic (exact) mass is 346 g/mol. The molecule has 3 unspecified atom stereocenters. The van der Waals surface area contributed by atoms with E-state index in [4.69, 9.17) is 15.0 Å². The predicted molar refractivity (Wildman–Crippen MR) is 95.3 cm³/mol. The van der Waals surface area contributed by atoms with Gasteiger partial charge in [-0.05, 0) is 41.7 Å². The number of nitrogens with two attached hydrogens (primary N) is 1. The van der Waals surface area contributed by atoms with Crippen molar-refractivity contribution in [3.05, 3.63) is 65.2 Å². The highest BCUT2D eigenvalue weighted by atomic mass is 32.2. The second-order valence-electron chi connectivity index (χ2n) is 6.02. The van der Waals surface area contributed by atoms with Crippen LogP contribution < -0.4 is 15.2 Å². The fourth-order valence-corrected chi connectivity index (χ4v) is 3.51. The van der Waals surface area contributed by atoms with Crippen molar-refractivity contribution in [1.29, 1.82) is 0 Å².